The molecule has 0 unspecified atom stereocenters. The second kappa shape index (κ2) is 6.58. The number of hydrogen-bond acceptors (Lipinski definition) is 7. The van der Waals surface area contributed by atoms with Gasteiger partial charge in [-0.05, 0) is 36.8 Å². The Kier molecular flexibility index (Phi) is 4.12. The normalized spacial score (nSPS) is 10.8. The number of amides is 1. The van der Waals surface area contributed by atoms with E-state index in [2.05, 4.69) is 31.7 Å². The molecule has 0 saturated heterocycles. The van der Waals surface area contributed by atoms with Gasteiger partial charge in [-0.3, -0.25) is 15.1 Å². The predicted molar refractivity (Wildman–Crippen MR) is 102 cm³/mol. The highest BCUT2D eigenvalue weighted by Gasteiger charge is 2.13. The number of carbonyl (C=O) groups excluding carboxylic acids is 1. The van der Waals surface area contributed by atoms with E-state index in [-0.39, 0.29) is 5.91 Å². The topological polar surface area (TPSA) is 79.8 Å². The van der Waals surface area contributed by atoms with Gasteiger partial charge in [0.25, 0.3) is 5.91 Å². The average molecular weight is 367 g/mol. The number of rotatable bonds is 4. The highest BCUT2D eigenvalue weighted by Crippen LogP contribution is 2.27. The molecule has 1 aromatic carbocycles. The lowest BCUT2D eigenvalue weighted by Crippen LogP contribution is -2.12. The Hall–Kier alpha value is -2.84. The molecule has 8 heteroatoms. The van der Waals surface area contributed by atoms with Gasteiger partial charge < -0.3 is 5.32 Å². The van der Waals surface area contributed by atoms with E-state index in [1.54, 1.807) is 17.8 Å². The number of aromatic nitrogens is 3. The van der Waals surface area contributed by atoms with E-state index in [4.69, 9.17) is 0 Å². The van der Waals surface area contributed by atoms with E-state index in [0.717, 1.165) is 15.9 Å². The van der Waals surface area contributed by atoms with E-state index in [1.807, 2.05) is 31.2 Å². The van der Waals surface area contributed by atoms with Gasteiger partial charge >= 0.3 is 0 Å². The molecule has 3 aromatic heterocycles. The van der Waals surface area contributed by atoms with E-state index >= 15 is 0 Å². The Morgan fingerprint density at radius 2 is 2.08 bits per heavy atom. The van der Waals surface area contributed by atoms with Crippen molar-refractivity contribution in [2.45, 2.75) is 6.92 Å². The molecule has 3 heterocycles. The van der Waals surface area contributed by atoms with Crippen LogP contribution in [0.5, 0.6) is 0 Å². The minimum atomic E-state index is -0.272. The third kappa shape index (κ3) is 3.49. The fourth-order valence-electron chi connectivity index (χ4n) is 2.24. The van der Waals surface area contributed by atoms with Crippen molar-refractivity contribution in [3.63, 3.8) is 0 Å². The number of fused-ring (bicyclic) bond motifs is 1. The summed E-state index contributed by atoms with van der Waals surface area (Å²) in [5.41, 5.74) is 3.22. The summed E-state index contributed by atoms with van der Waals surface area (Å²) in [6.45, 7) is 2.03. The number of thiazole rings is 2. The van der Waals surface area contributed by atoms with Gasteiger partial charge in [-0.25, -0.2) is 9.97 Å². The summed E-state index contributed by atoms with van der Waals surface area (Å²) in [6, 6.07) is 9.73. The summed E-state index contributed by atoms with van der Waals surface area (Å²) in [5, 5.41) is 8.86. The van der Waals surface area contributed by atoms with Gasteiger partial charge in [0, 0.05) is 11.6 Å². The molecule has 0 fully saturated rings. The van der Waals surface area contributed by atoms with Crippen LogP contribution in [0.15, 0.2) is 48.1 Å². The Balaban J connectivity index is 1.49. The molecule has 6 nitrogen and oxygen atoms in total. The molecule has 0 aliphatic rings. The molecule has 1 amide bonds. The molecule has 0 saturated carbocycles. The second-order valence-electron chi connectivity index (χ2n) is 5.35. The monoisotopic (exact) mass is 367 g/mol. The summed E-state index contributed by atoms with van der Waals surface area (Å²) in [4.78, 5) is 25.2. The zero-order valence-electron chi connectivity index (χ0n) is 13.2. The van der Waals surface area contributed by atoms with E-state index < -0.39 is 0 Å². The summed E-state index contributed by atoms with van der Waals surface area (Å²) >= 11 is 2.81. The van der Waals surface area contributed by atoms with Gasteiger partial charge in [-0.15, -0.1) is 11.3 Å². The van der Waals surface area contributed by atoms with E-state index in [9.17, 15) is 4.79 Å². The van der Waals surface area contributed by atoms with Gasteiger partial charge in [0.1, 0.15) is 5.69 Å². The third-order valence-electron chi connectivity index (χ3n) is 3.41. The summed E-state index contributed by atoms with van der Waals surface area (Å²) < 4.78 is 1.05. The van der Waals surface area contributed by atoms with Crippen LogP contribution in [0.25, 0.3) is 10.2 Å². The number of hydrogen-bond donors (Lipinski definition) is 2. The molecular weight excluding hydrogens is 354 g/mol. The van der Waals surface area contributed by atoms with Crippen molar-refractivity contribution in [2.75, 3.05) is 10.6 Å². The summed E-state index contributed by atoms with van der Waals surface area (Å²) in [7, 11) is 0. The van der Waals surface area contributed by atoms with Crippen LogP contribution in [-0.2, 0) is 0 Å². The van der Waals surface area contributed by atoms with Crippen molar-refractivity contribution in [1.29, 1.82) is 0 Å². The number of anilines is 3. The summed E-state index contributed by atoms with van der Waals surface area (Å²) in [5.74, 6) is -0.272. The first-order valence-corrected chi connectivity index (χ1v) is 9.18. The smallest absolute Gasteiger partial charge is 0.276 e. The Morgan fingerprint density at radius 1 is 1.16 bits per heavy atom. The maximum absolute atomic E-state index is 12.4. The van der Waals surface area contributed by atoms with Gasteiger partial charge in [0.15, 0.2) is 10.3 Å². The average Bonchev–Trinajstić information content (AvgIpc) is 3.22. The van der Waals surface area contributed by atoms with Crippen LogP contribution in [0.3, 0.4) is 0 Å². The minimum absolute atomic E-state index is 0.272. The lowest BCUT2D eigenvalue weighted by atomic mass is 10.2. The number of benzene rings is 1. The molecule has 25 heavy (non-hydrogen) atoms. The lowest BCUT2D eigenvalue weighted by molar-refractivity contribution is 0.102. The number of aryl methyl sites for hydroxylation is 1. The van der Waals surface area contributed by atoms with Crippen LogP contribution in [0, 0.1) is 6.92 Å². The number of nitrogens with zero attached hydrogens (tertiary/aromatic N) is 3. The molecule has 0 aliphatic heterocycles. The van der Waals surface area contributed by atoms with Gasteiger partial charge in [0.05, 0.1) is 22.1 Å². The first-order valence-electron chi connectivity index (χ1n) is 7.48. The third-order valence-corrected chi connectivity index (χ3v) is 5.11. The van der Waals surface area contributed by atoms with Crippen molar-refractivity contribution in [3.05, 3.63) is 59.4 Å². The van der Waals surface area contributed by atoms with Crippen molar-refractivity contribution in [1.82, 2.24) is 15.0 Å². The van der Waals surface area contributed by atoms with Crippen molar-refractivity contribution < 1.29 is 4.79 Å². The number of carbonyl (C=O) groups is 1. The van der Waals surface area contributed by atoms with Crippen LogP contribution in [0.4, 0.5) is 16.0 Å². The Morgan fingerprint density at radius 3 is 2.92 bits per heavy atom. The standard InChI is InChI=1S/C17H13N5OS2/c1-10-4-5-12-14(7-10)25-17(20-12)22-15(23)13-9-24-16(21-13)19-11-3-2-6-18-8-11/h2-9H,1H3,(H,19,21)(H,20,22,23). The molecule has 0 spiro atoms. The zero-order chi connectivity index (χ0) is 17.2. The Bertz CT molecular complexity index is 1040. The molecule has 2 N–H and O–H groups in total. The van der Waals surface area contributed by atoms with Crippen LogP contribution in [0.1, 0.15) is 16.1 Å². The van der Waals surface area contributed by atoms with E-state index in [1.165, 1.54) is 28.2 Å². The van der Waals surface area contributed by atoms with Gasteiger partial charge in [0.2, 0.25) is 0 Å². The SMILES string of the molecule is Cc1ccc2nc(NC(=O)c3csc(Nc4cccnc4)n3)sc2c1. The zero-order valence-corrected chi connectivity index (χ0v) is 14.8. The van der Waals surface area contributed by atoms with Crippen LogP contribution >= 0.6 is 22.7 Å². The first-order chi connectivity index (χ1) is 12.2. The first kappa shape index (κ1) is 15.7. The number of pyridine rings is 1. The molecular formula is C17H13N5OS2. The van der Waals surface area contributed by atoms with Gasteiger partial charge in [-0.2, -0.15) is 0 Å². The van der Waals surface area contributed by atoms with E-state index in [0.29, 0.717) is 16.0 Å². The summed E-state index contributed by atoms with van der Waals surface area (Å²) in [6.07, 6.45) is 3.40. The van der Waals surface area contributed by atoms with Crippen molar-refractivity contribution in [3.8, 4) is 0 Å². The quantitative estimate of drug-likeness (QED) is 0.557. The van der Waals surface area contributed by atoms with Crippen LogP contribution < -0.4 is 10.6 Å². The molecule has 0 radical (unpaired) electrons. The second-order valence-corrected chi connectivity index (χ2v) is 7.24. The fraction of sp³-hybridized carbons (Fsp3) is 0.0588. The maximum Gasteiger partial charge on any atom is 0.276 e. The molecule has 0 aliphatic carbocycles. The highest BCUT2D eigenvalue weighted by atomic mass is 32.1. The molecule has 0 atom stereocenters. The lowest BCUT2D eigenvalue weighted by Gasteiger charge is -2.00. The molecule has 4 aromatic rings. The Labute approximate surface area is 151 Å². The molecule has 0 bridgehead atoms. The largest absolute Gasteiger partial charge is 0.330 e. The number of nitrogens with one attached hydrogen (secondary N) is 2. The van der Waals surface area contributed by atoms with Crippen molar-refractivity contribution in [2.24, 2.45) is 0 Å². The van der Waals surface area contributed by atoms with Gasteiger partial charge in [-0.1, -0.05) is 17.4 Å². The molecule has 124 valence electrons. The fourth-order valence-corrected chi connectivity index (χ4v) is 3.91. The highest BCUT2D eigenvalue weighted by molar-refractivity contribution is 7.22. The van der Waals surface area contributed by atoms with Crippen molar-refractivity contribution >= 4 is 54.7 Å². The van der Waals surface area contributed by atoms with Crippen LogP contribution in [-0.4, -0.2) is 20.9 Å². The molecule has 4 rings (SSSR count). The minimum Gasteiger partial charge on any atom is -0.330 e. The maximum atomic E-state index is 12.4. The van der Waals surface area contributed by atoms with Crippen LogP contribution in [0.2, 0.25) is 0 Å². The predicted octanol–water partition coefficient (Wildman–Crippen LogP) is 4.45.